The zero-order chi connectivity index (χ0) is 14.5. The molecular formula is C16H18ClNO2. The first-order valence-corrected chi connectivity index (χ1v) is 6.82. The van der Waals surface area contributed by atoms with Gasteiger partial charge in [-0.25, -0.2) is 0 Å². The molecule has 0 fully saturated rings. The molecule has 0 saturated heterocycles. The molecule has 106 valence electrons. The maximum atomic E-state index is 5.85. The lowest BCUT2D eigenvalue weighted by molar-refractivity contribution is 0.216. The number of anilines is 1. The van der Waals surface area contributed by atoms with Gasteiger partial charge >= 0.3 is 0 Å². The van der Waals surface area contributed by atoms with Crippen molar-refractivity contribution in [2.75, 3.05) is 18.9 Å². The zero-order valence-electron chi connectivity index (χ0n) is 11.7. The normalized spacial score (nSPS) is 10.3. The summed E-state index contributed by atoms with van der Waals surface area (Å²) in [5.41, 5.74) is 8.57. The molecule has 0 aliphatic rings. The average Bonchev–Trinajstić information content (AvgIpc) is 2.40. The van der Waals surface area contributed by atoms with Crippen LogP contribution in [0, 0.1) is 13.8 Å². The molecule has 0 heterocycles. The second-order valence-corrected chi connectivity index (χ2v) is 5.06. The van der Waals surface area contributed by atoms with E-state index in [1.165, 1.54) is 5.56 Å². The van der Waals surface area contributed by atoms with Gasteiger partial charge in [-0.1, -0.05) is 29.3 Å². The summed E-state index contributed by atoms with van der Waals surface area (Å²) < 4.78 is 11.2. The molecule has 4 heteroatoms. The molecular weight excluding hydrogens is 274 g/mol. The van der Waals surface area contributed by atoms with E-state index >= 15 is 0 Å². The highest BCUT2D eigenvalue weighted by Crippen LogP contribution is 2.24. The lowest BCUT2D eigenvalue weighted by Crippen LogP contribution is -2.09. The van der Waals surface area contributed by atoms with Crippen molar-refractivity contribution in [3.05, 3.63) is 52.5 Å². The predicted molar refractivity (Wildman–Crippen MR) is 82.8 cm³/mol. The molecule has 0 bridgehead atoms. The van der Waals surface area contributed by atoms with E-state index in [1.807, 2.05) is 19.1 Å². The second kappa shape index (κ2) is 6.53. The Morgan fingerprint density at radius 1 is 1.00 bits per heavy atom. The van der Waals surface area contributed by atoms with Gasteiger partial charge in [-0.15, -0.1) is 0 Å². The van der Waals surface area contributed by atoms with Crippen molar-refractivity contribution in [3.8, 4) is 11.5 Å². The summed E-state index contributed by atoms with van der Waals surface area (Å²) >= 11 is 5.85. The maximum absolute atomic E-state index is 5.85. The number of rotatable bonds is 5. The second-order valence-electron chi connectivity index (χ2n) is 4.65. The van der Waals surface area contributed by atoms with Crippen LogP contribution in [0.5, 0.6) is 11.5 Å². The highest BCUT2D eigenvalue weighted by Gasteiger charge is 2.01. The van der Waals surface area contributed by atoms with Crippen LogP contribution in [0.2, 0.25) is 5.02 Å². The SMILES string of the molecule is Cc1ccc(OCCOc2ccc(Cl)c(N)c2)c(C)c1. The van der Waals surface area contributed by atoms with E-state index in [0.29, 0.717) is 29.7 Å². The number of aryl methyl sites for hydroxylation is 2. The molecule has 2 aromatic rings. The van der Waals surface area contributed by atoms with Crippen LogP contribution < -0.4 is 15.2 Å². The molecule has 20 heavy (non-hydrogen) atoms. The predicted octanol–water partition coefficient (Wildman–Crippen LogP) is 4.00. The Hall–Kier alpha value is -1.87. The molecule has 2 rings (SSSR count). The van der Waals surface area contributed by atoms with Crippen LogP contribution >= 0.6 is 11.6 Å². The summed E-state index contributed by atoms with van der Waals surface area (Å²) in [6, 6.07) is 11.3. The summed E-state index contributed by atoms with van der Waals surface area (Å²) in [6.07, 6.45) is 0. The number of halogens is 1. The van der Waals surface area contributed by atoms with Crippen molar-refractivity contribution in [1.82, 2.24) is 0 Å². The van der Waals surface area contributed by atoms with Gasteiger partial charge in [0, 0.05) is 6.07 Å². The van der Waals surface area contributed by atoms with E-state index in [-0.39, 0.29) is 0 Å². The van der Waals surface area contributed by atoms with Crippen molar-refractivity contribution in [1.29, 1.82) is 0 Å². The molecule has 0 aromatic heterocycles. The Morgan fingerprint density at radius 3 is 2.45 bits per heavy atom. The molecule has 0 unspecified atom stereocenters. The number of ether oxygens (including phenoxy) is 2. The summed E-state index contributed by atoms with van der Waals surface area (Å²) in [5, 5.41) is 0.531. The van der Waals surface area contributed by atoms with Crippen molar-refractivity contribution < 1.29 is 9.47 Å². The van der Waals surface area contributed by atoms with Crippen LogP contribution in [0.25, 0.3) is 0 Å². The molecule has 0 saturated carbocycles. The molecule has 2 aromatic carbocycles. The Labute approximate surface area is 124 Å². The summed E-state index contributed by atoms with van der Waals surface area (Å²) in [4.78, 5) is 0. The molecule has 0 spiro atoms. The molecule has 0 amide bonds. The van der Waals surface area contributed by atoms with E-state index in [4.69, 9.17) is 26.8 Å². The lowest BCUT2D eigenvalue weighted by atomic mass is 10.1. The Morgan fingerprint density at radius 2 is 1.75 bits per heavy atom. The Bertz CT molecular complexity index is 599. The van der Waals surface area contributed by atoms with Gasteiger partial charge < -0.3 is 15.2 Å². The third-order valence-corrected chi connectivity index (χ3v) is 3.25. The quantitative estimate of drug-likeness (QED) is 0.669. The van der Waals surface area contributed by atoms with Crippen molar-refractivity contribution in [3.63, 3.8) is 0 Å². The van der Waals surface area contributed by atoms with E-state index in [9.17, 15) is 0 Å². The largest absolute Gasteiger partial charge is 0.490 e. The van der Waals surface area contributed by atoms with Gasteiger partial charge in [0.05, 0.1) is 10.7 Å². The van der Waals surface area contributed by atoms with E-state index in [1.54, 1.807) is 18.2 Å². The number of nitrogen functional groups attached to an aromatic ring is 1. The third-order valence-electron chi connectivity index (χ3n) is 2.91. The Kier molecular flexibility index (Phi) is 4.74. The van der Waals surface area contributed by atoms with Gasteiger partial charge in [-0.3, -0.25) is 0 Å². The summed E-state index contributed by atoms with van der Waals surface area (Å²) in [6.45, 7) is 5.02. The smallest absolute Gasteiger partial charge is 0.122 e. The van der Waals surface area contributed by atoms with Crippen molar-refractivity contribution >= 4 is 17.3 Å². The maximum Gasteiger partial charge on any atom is 0.122 e. The van der Waals surface area contributed by atoms with Crippen molar-refractivity contribution in [2.24, 2.45) is 0 Å². The highest BCUT2D eigenvalue weighted by molar-refractivity contribution is 6.33. The Balaban J connectivity index is 1.82. The van der Waals surface area contributed by atoms with Crippen LogP contribution in [0.4, 0.5) is 5.69 Å². The molecule has 3 nitrogen and oxygen atoms in total. The number of hydrogen-bond acceptors (Lipinski definition) is 3. The zero-order valence-corrected chi connectivity index (χ0v) is 12.4. The van der Waals surface area contributed by atoms with Crippen LogP contribution in [0.1, 0.15) is 11.1 Å². The number of benzene rings is 2. The monoisotopic (exact) mass is 291 g/mol. The first kappa shape index (κ1) is 14.5. The standard InChI is InChI=1S/C16H18ClNO2/c1-11-3-6-16(12(2)9-11)20-8-7-19-13-4-5-14(17)15(18)10-13/h3-6,9-10H,7-8,18H2,1-2H3. The molecule has 0 aliphatic carbocycles. The van der Waals surface area contributed by atoms with Crippen LogP contribution in [0.15, 0.2) is 36.4 Å². The molecule has 0 aliphatic heterocycles. The molecule has 0 atom stereocenters. The van der Waals surface area contributed by atoms with Gasteiger partial charge in [-0.05, 0) is 37.6 Å². The van der Waals surface area contributed by atoms with E-state index in [2.05, 4.69) is 13.0 Å². The third kappa shape index (κ3) is 3.81. The van der Waals surface area contributed by atoms with E-state index in [0.717, 1.165) is 11.3 Å². The lowest BCUT2D eigenvalue weighted by Gasteiger charge is -2.11. The topological polar surface area (TPSA) is 44.5 Å². The minimum Gasteiger partial charge on any atom is -0.490 e. The van der Waals surface area contributed by atoms with Gasteiger partial charge in [-0.2, -0.15) is 0 Å². The molecule has 2 N–H and O–H groups in total. The van der Waals surface area contributed by atoms with E-state index < -0.39 is 0 Å². The fourth-order valence-electron chi connectivity index (χ4n) is 1.88. The van der Waals surface area contributed by atoms with Crippen LogP contribution in [0.3, 0.4) is 0 Å². The number of nitrogens with two attached hydrogens (primary N) is 1. The summed E-state index contributed by atoms with van der Waals surface area (Å²) in [5.74, 6) is 1.57. The molecule has 0 radical (unpaired) electrons. The average molecular weight is 292 g/mol. The minimum atomic E-state index is 0.453. The first-order valence-electron chi connectivity index (χ1n) is 6.44. The summed E-state index contributed by atoms with van der Waals surface area (Å²) in [7, 11) is 0. The van der Waals surface area contributed by atoms with Gasteiger partial charge in [0.1, 0.15) is 24.7 Å². The fraction of sp³-hybridized carbons (Fsp3) is 0.250. The van der Waals surface area contributed by atoms with Gasteiger partial charge in [0.2, 0.25) is 0 Å². The van der Waals surface area contributed by atoms with Gasteiger partial charge in [0.25, 0.3) is 0 Å². The van der Waals surface area contributed by atoms with Gasteiger partial charge in [0.15, 0.2) is 0 Å². The van der Waals surface area contributed by atoms with Crippen LogP contribution in [-0.4, -0.2) is 13.2 Å². The number of hydrogen-bond donors (Lipinski definition) is 1. The van der Waals surface area contributed by atoms with Crippen LogP contribution in [-0.2, 0) is 0 Å². The minimum absolute atomic E-state index is 0.453. The highest BCUT2D eigenvalue weighted by atomic mass is 35.5. The van der Waals surface area contributed by atoms with Crippen molar-refractivity contribution in [2.45, 2.75) is 13.8 Å². The fourth-order valence-corrected chi connectivity index (χ4v) is 2.00. The first-order chi connectivity index (χ1) is 9.56.